The van der Waals surface area contributed by atoms with Gasteiger partial charge in [-0.3, -0.25) is 0 Å². The zero-order chi connectivity index (χ0) is 13.9. The van der Waals surface area contributed by atoms with Crippen molar-refractivity contribution in [1.29, 1.82) is 0 Å². The van der Waals surface area contributed by atoms with Crippen molar-refractivity contribution in [2.24, 2.45) is 5.41 Å². The summed E-state index contributed by atoms with van der Waals surface area (Å²) in [7, 11) is 0. The van der Waals surface area contributed by atoms with Gasteiger partial charge < -0.3 is 14.9 Å². The van der Waals surface area contributed by atoms with Gasteiger partial charge in [-0.15, -0.1) is 5.06 Å². The van der Waals surface area contributed by atoms with E-state index in [1.165, 1.54) is 12.8 Å². The highest BCUT2D eigenvalue weighted by molar-refractivity contribution is 5.60. The van der Waals surface area contributed by atoms with Crippen LogP contribution in [0.15, 0.2) is 0 Å². The molecule has 0 unspecified atom stereocenters. The highest BCUT2D eigenvalue weighted by atomic mass is 16.8. The smallest absolute Gasteiger partial charge is 0.427 e. The van der Waals surface area contributed by atoms with E-state index in [0.29, 0.717) is 5.41 Å². The van der Waals surface area contributed by atoms with Gasteiger partial charge >= 0.3 is 6.16 Å². The number of hydrogen-bond donors (Lipinski definition) is 1. The van der Waals surface area contributed by atoms with Crippen LogP contribution in [-0.2, 0) is 9.57 Å². The fraction of sp³-hybridized carbons (Fsp3) is 0.929. The van der Waals surface area contributed by atoms with Crippen molar-refractivity contribution in [3.63, 3.8) is 0 Å². The standard InChI is InChI=1S/C14H26N2O3/c1-13(2,3)18-12(17)19-16-10-6-14(7-11-16)4-8-15-9-5-14/h15H,4-11H2,1-3H3. The highest BCUT2D eigenvalue weighted by Gasteiger charge is 2.36. The van der Waals surface area contributed by atoms with Crippen LogP contribution in [0.25, 0.3) is 0 Å². The number of ether oxygens (including phenoxy) is 1. The Morgan fingerprint density at radius 2 is 1.68 bits per heavy atom. The summed E-state index contributed by atoms with van der Waals surface area (Å²) in [5.41, 5.74) is -0.0256. The Kier molecular flexibility index (Phi) is 4.36. The number of carbonyl (C=O) groups is 1. The third-order valence-corrected chi connectivity index (χ3v) is 4.04. The van der Waals surface area contributed by atoms with Gasteiger partial charge in [-0.2, -0.15) is 0 Å². The van der Waals surface area contributed by atoms with E-state index in [1.54, 1.807) is 5.06 Å². The number of hydroxylamine groups is 2. The maximum Gasteiger partial charge on any atom is 0.528 e. The molecular weight excluding hydrogens is 244 g/mol. The molecule has 0 saturated carbocycles. The molecule has 19 heavy (non-hydrogen) atoms. The Morgan fingerprint density at radius 3 is 2.21 bits per heavy atom. The van der Waals surface area contributed by atoms with E-state index in [4.69, 9.17) is 9.57 Å². The van der Waals surface area contributed by atoms with E-state index in [1.807, 2.05) is 20.8 Å². The number of nitrogens with zero attached hydrogens (tertiary/aromatic N) is 1. The lowest BCUT2D eigenvalue weighted by atomic mass is 9.72. The lowest BCUT2D eigenvalue weighted by Gasteiger charge is -2.43. The molecule has 2 rings (SSSR count). The van der Waals surface area contributed by atoms with Crippen molar-refractivity contribution in [3.05, 3.63) is 0 Å². The Bertz CT molecular complexity index is 309. The molecule has 5 nitrogen and oxygen atoms in total. The van der Waals surface area contributed by atoms with Crippen LogP contribution in [-0.4, -0.2) is 43.0 Å². The molecule has 0 bridgehead atoms. The fourth-order valence-corrected chi connectivity index (χ4v) is 2.88. The summed E-state index contributed by atoms with van der Waals surface area (Å²) < 4.78 is 5.16. The number of piperidine rings is 2. The van der Waals surface area contributed by atoms with Crippen molar-refractivity contribution in [2.45, 2.75) is 52.1 Å². The van der Waals surface area contributed by atoms with Gasteiger partial charge in [-0.25, -0.2) is 4.79 Å². The monoisotopic (exact) mass is 270 g/mol. The van der Waals surface area contributed by atoms with E-state index >= 15 is 0 Å². The fourth-order valence-electron chi connectivity index (χ4n) is 2.88. The molecule has 2 aliphatic heterocycles. The lowest BCUT2D eigenvalue weighted by molar-refractivity contribution is -0.165. The maximum absolute atomic E-state index is 11.6. The third-order valence-electron chi connectivity index (χ3n) is 4.04. The van der Waals surface area contributed by atoms with Crippen LogP contribution in [0.5, 0.6) is 0 Å². The molecule has 1 N–H and O–H groups in total. The molecule has 2 fully saturated rings. The molecule has 1 spiro atoms. The quantitative estimate of drug-likeness (QED) is 0.741. The molecule has 0 aromatic heterocycles. The minimum Gasteiger partial charge on any atom is -0.427 e. The van der Waals surface area contributed by atoms with Gasteiger partial charge in [0, 0.05) is 13.1 Å². The molecule has 0 atom stereocenters. The molecule has 0 radical (unpaired) electrons. The second-order valence-corrected chi connectivity index (χ2v) is 6.73. The van der Waals surface area contributed by atoms with Crippen LogP contribution in [0.3, 0.4) is 0 Å². The van der Waals surface area contributed by atoms with E-state index in [0.717, 1.165) is 39.0 Å². The van der Waals surface area contributed by atoms with Gasteiger partial charge in [-0.05, 0) is 65.0 Å². The van der Waals surface area contributed by atoms with Crippen LogP contribution < -0.4 is 5.32 Å². The average molecular weight is 270 g/mol. The molecule has 0 aromatic rings. The first-order valence-electron chi connectivity index (χ1n) is 7.25. The predicted molar refractivity (Wildman–Crippen MR) is 72.7 cm³/mol. The zero-order valence-electron chi connectivity index (χ0n) is 12.3. The van der Waals surface area contributed by atoms with Crippen molar-refractivity contribution in [3.8, 4) is 0 Å². The molecule has 2 saturated heterocycles. The second kappa shape index (κ2) is 5.67. The van der Waals surface area contributed by atoms with Crippen LogP contribution >= 0.6 is 0 Å². The first-order chi connectivity index (χ1) is 8.89. The summed E-state index contributed by atoms with van der Waals surface area (Å²) in [5.74, 6) is 0. The van der Waals surface area contributed by atoms with Crippen LogP contribution in [0, 0.1) is 5.41 Å². The summed E-state index contributed by atoms with van der Waals surface area (Å²) in [6, 6.07) is 0. The van der Waals surface area contributed by atoms with Gasteiger partial charge in [0.1, 0.15) is 5.60 Å². The Balaban J connectivity index is 1.75. The number of nitrogens with one attached hydrogen (secondary N) is 1. The predicted octanol–water partition coefficient (Wildman–Crippen LogP) is 2.32. The average Bonchev–Trinajstić information content (AvgIpc) is 2.31. The molecule has 0 aliphatic carbocycles. The van der Waals surface area contributed by atoms with E-state index in [2.05, 4.69) is 5.32 Å². The summed E-state index contributed by atoms with van der Waals surface area (Å²) in [6.07, 6.45) is 4.11. The number of hydrogen-bond acceptors (Lipinski definition) is 5. The SMILES string of the molecule is CC(C)(C)OC(=O)ON1CCC2(CCNCC2)CC1. The molecule has 2 heterocycles. The van der Waals surface area contributed by atoms with Gasteiger partial charge in [-0.1, -0.05) is 0 Å². The van der Waals surface area contributed by atoms with E-state index < -0.39 is 11.8 Å². The normalized spacial score (nSPS) is 24.2. The molecule has 0 aromatic carbocycles. The summed E-state index contributed by atoms with van der Waals surface area (Å²) in [4.78, 5) is 16.9. The Hall–Kier alpha value is -0.810. The van der Waals surface area contributed by atoms with Crippen LogP contribution in [0.4, 0.5) is 4.79 Å². The minimum atomic E-state index is -0.589. The molecular formula is C14H26N2O3. The van der Waals surface area contributed by atoms with Crippen molar-refractivity contribution in [2.75, 3.05) is 26.2 Å². The van der Waals surface area contributed by atoms with E-state index in [9.17, 15) is 4.79 Å². The van der Waals surface area contributed by atoms with Gasteiger partial charge in [0.15, 0.2) is 0 Å². The summed E-state index contributed by atoms with van der Waals surface area (Å²) in [5, 5.41) is 5.16. The minimum absolute atomic E-state index is 0.471. The van der Waals surface area contributed by atoms with Crippen LogP contribution in [0.2, 0.25) is 0 Å². The van der Waals surface area contributed by atoms with Crippen LogP contribution in [0.1, 0.15) is 46.5 Å². The molecule has 0 amide bonds. The topological polar surface area (TPSA) is 50.8 Å². The maximum atomic E-state index is 11.6. The first-order valence-corrected chi connectivity index (χ1v) is 7.25. The number of rotatable bonds is 1. The highest BCUT2D eigenvalue weighted by Crippen LogP contribution is 2.39. The second-order valence-electron chi connectivity index (χ2n) is 6.73. The van der Waals surface area contributed by atoms with E-state index in [-0.39, 0.29) is 0 Å². The molecule has 110 valence electrons. The summed E-state index contributed by atoms with van der Waals surface area (Å²) >= 11 is 0. The van der Waals surface area contributed by atoms with Crippen molar-refractivity contribution in [1.82, 2.24) is 10.4 Å². The van der Waals surface area contributed by atoms with Gasteiger partial charge in [0.2, 0.25) is 0 Å². The zero-order valence-corrected chi connectivity index (χ0v) is 12.3. The molecule has 5 heteroatoms. The van der Waals surface area contributed by atoms with Crippen molar-refractivity contribution < 1.29 is 14.4 Å². The van der Waals surface area contributed by atoms with Gasteiger partial charge in [0.25, 0.3) is 0 Å². The van der Waals surface area contributed by atoms with Gasteiger partial charge in [0.05, 0.1) is 0 Å². The first kappa shape index (κ1) is 14.6. The van der Waals surface area contributed by atoms with Crippen molar-refractivity contribution >= 4 is 6.16 Å². The summed E-state index contributed by atoms with van der Waals surface area (Å²) in [6.45, 7) is 9.40. The number of carbonyl (C=O) groups excluding carboxylic acids is 1. The largest absolute Gasteiger partial charge is 0.528 e. The Labute approximate surface area is 115 Å². The Morgan fingerprint density at radius 1 is 1.11 bits per heavy atom. The molecule has 2 aliphatic rings. The third kappa shape index (κ3) is 4.35. The lowest BCUT2D eigenvalue weighted by Crippen LogP contribution is -2.46.